The molecule has 1 nitrogen and oxygen atoms in total. The molecular weight excluding hydrogens is 647 g/mol. The first-order valence-electron chi connectivity index (χ1n) is 17.8. The number of fused-ring (bicyclic) bond motifs is 5. The van der Waals surface area contributed by atoms with Crippen molar-refractivity contribution in [2.45, 2.75) is 0 Å². The van der Waals surface area contributed by atoms with Crippen molar-refractivity contribution in [2.75, 3.05) is 0 Å². The lowest BCUT2D eigenvalue weighted by atomic mass is 10.2. The zero-order valence-electron chi connectivity index (χ0n) is 28.2. The average molecular weight is 682 g/mol. The van der Waals surface area contributed by atoms with Crippen LogP contribution >= 0.6 is 0 Å². The molecule has 0 atom stereocenters. The maximum absolute atomic E-state index is 2.89. The molecule has 240 valence electrons. The molecule has 1 aliphatic heterocycles. The molecule has 0 aliphatic carbocycles. The van der Waals surface area contributed by atoms with E-state index >= 15 is 0 Å². The van der Waals surface area contributed by atoms with Crippen LogP contribution in [-0.2, 0) is 0 Å². The van der Waals surface area contributed by atoms with Crippen LogP contribution < -0.4 is 41.5 Å². The van der Waals surface area contributed by atoms with Crippen LogP contribution in [0.2, 0.25) is 0 Å². The van der Waals surface area contributed by atoms with Gasteiger partial charge >= 0.3 is 0 Å². The van der Waals surface area contributed by atoms with Gasteiger partial charge in [-0.25, -0.2) is 0 Å². The first-order chi connectivity index (χ1) is 25.3. The number of hydrogen-bond donors (Lipinski definition) is 0. The summed E-state index contributed by atoms with van der Waals surface area (Å²) in [5.41, 5.74) is 3.66. The number of aromatic nitrogens is 1. The highest BCUT2D eigenvalue weighted by Gasteiger charge is 2.56. The quantitative estimate of drug-likeness (QED) is 0.201. The summed E-state index contributed by atoms with van der Waals surface area (Å²) in [7, 11) is -5.63. The Kier molecular flexibility index (Phi) is 6.91. The lowest BCUT2D eigenvalue weighted by Crippen LogP contribution is -2.93. The molecule has 0 amide bonds. The SMILES string of the molecule is c1ccc([Si]2(c3ccccc3)c3ccccc3[Si](c3ccccc3)(c3cccc(-n4c5ccccc5c5ccccc54)c3)c3ccccc32)cc1. The van der Waals surface area contributed by atoms with Crippen molar-refractivity contribution in [3.63, 3.8) is 0 Å². The van der Waals surface area contributed by atoms with Gasteiger partial charge in [-0.3, -0.25) is 0 Å². The molecule has 9 aromatic rings. The predicted molar refractivity (Wildman–Crippen MR) is 222 cm³/mol. The third-order valence-corrected chi connectivity index (χ3v) is 21.5. The number of hydrogen-bond acceptors (Lipinski definition) is 0. The van der Waals surface area contributed by atoms with E-state index in [1.54, 1.807) is 0 Å². The van der Waals surface area contributed by atoms with E-state index < -0.39 is 16.1 Å². The predicted octanol–water partition coefficient (Wildman–Crippen LogP) is 5.85. The monoisotopic (exact) mass is 681 g/mol. The van der Waals surface area contributed by atoms with Gasteiger partial charge in [0, 0.05) is 16.5 Å². The summed E-state index contributed by atoms with van der Waals surface area (Å²) in [6.45, 7) is 0. The summed E-state index contributed by atoms with van der Waals surface area (Å²) in [6, 6.07) is 80.4. The highest BCUT2D eigenvalue weighted by atomic mass is 28.3. The van der Waals surface area contributed by atoms with Gasteiger partial charge in [0.1, 0.15) is 0 Å². The molecule has 0 N–H and O–H groups in total. The first-order valence-corrected chi connectivity index (χ1v) is 21.8. The summed E-state index contributed by atoms with van der Waals surface area (Å²) in [6.07, 6.45) is 0. The molecule has 0 fully saturated rings. The van der Waals surface area contributed by atoms with Crippen LogP contribution in [0.1, 0.15) is 0 Å². The van der Waals surface area contributed by atoms with Crippen molar-refractivity contribution in [1.82, 2.24) is 4.57 Å². The largest absolute Gasteiger partial charge is 0.309 e. The van der Waals surface area contributed by atoms with E-state index in [0.717, 1.165) is 0 Å². The Morgan fingerprint density at radius 2 is 0.608 bits per heavy atom. The van der Waals surface area contributed by atoms with Gasteiger partial charge in [-0.15, -0.1) is 0 Å². The van der Waals surface area contributed by atoms with E-state index in [-0.39, 0.29) is 0 Å². The van der Waals surface area contributed by atoms with Crippen LogP contribution in [0, 0.1) is 0 Å². The van der Waals surface area contributed by atoms with E-state index in [9.17, 15) is 0 Å². The molecule has 0 spiro atoms. The average Bonchev–Trinajstić information content (AvgIpc) is 3.55. The Balaban J connectivity index is 1.35. The van der Waals surface area contributed by atoms with Gasteiger partial charge in [-0.2, -0.15) is 0 Å². The maximum Gasteiger partial charge on any atom is 0.179 e. The summed E-state index contributed by atoms with van der Waals surface area (Å²) >= 11 is 0. The van der Waals surface area contributed by atoms with E-state index in [1.807, 2.05) is 0 Å². The highest BCUT2D eigenvalue weighted by molar-refractivity contribution is 7.32. The normalized spacial score (nSPS) is 14.2. The molecule has 1 aromatic heterocycles. The molecule has 3 heteroatoms. The third kappa shape index (κ3) is 4.19. The molecule has 10 rings (SSSR count). The van der Waals surface area contributed by atoms with Crippen molar-refractivity contribution in [3.05, 3.63) is 212 Å². The van der Waals surface area contributed by atoms with Gasteiger partial charge in [0.15, 0.2) is 16.1 Å². The maximum atomic E-state index is 2.52. The van der Waals surface area contributed by atoms with Crippen molar-refractivity contribution < 1.29 is 0 Å². The molecule has 2 heterocycles. The summed E-state index contributed by atoms with van der Waals surface area (Å²) in [4.78, 5) is 0. The molecular formula is C48H35NSi2. The fraction of sp³-hybridized carbons (Fsp3) is 0. The van der Waals surface area contributed by atoms with Gasteiger partial charge in [0.25, 0.3) is 0 Å². The van der Waals surface area contributed by atoms with Crippen LogP contribution in [0.15, 0.2) is 212 Å². The van der Waals surface area contributed by atoms with E-state index in [4.69, 9.17) is 0 Å². The third-order valence-electron chi connectivity index (χ3n) is 11.2. The van der Waals surface area contributed by atoms with Crippen molar-refractivity contribution in [1.29, 1.82) is 0 Å². The van der Waals surface area contributed by atoms with E-state index in [2.05, 4.69) is 217 Å². The zero-order valence-corrected chi connectivity index (χ0v) is 30.2. The Morgan fingerprint density at radius 1 is 0.275 bits per heavy atom. The summed E-state index contributed by atoms with van der Waals surface area (Å²) in [5, 5.41) is 14.2. The van der Waals surface area contributed by atoms with Gasteiger partial charge in [-0.05, 0) is 65.8 Å². The van der Waals surface area contributed by atoms with Crippen LogP contribution in [0.4, 0.5) is 0 Å². The topological polar surface area (TPSA) is 4.93 Å². The number of benzene rings is 8. The van der Waals surface area contributed by atoms with Gasteiger partial charge in [-0.1, -0.05) is 188 Å². The second-order valence-electron chi connectivity index (χ2n) is 13.6. The zero-order chi connectivity index (χ0) is 33.8. The second kappa shape index (κ2) is 11.8. The molecule has 51 heavy (non-hydrogen) atoms. The van der Waals surface area contributed by atoms with Crippen LogP contribution in [0.5, 0.6) is 0 Å². The molecule has 1 aliphatic rings. The lowest BCUT2D eigenvalue weighted by Gasteiger charge is -2.48. The minimum absolute atomic E-state index is 1.20. The number of rotatable bonds is 5. The molecule has 0 saturated heterocycles. The van der Waals surface area contributed by atoms with Crippen molar-refractivity contribution in [3.8, 4) is 5.69 Å². The van der Waals surface area contributed by atoms with Gasteiger partial charge in [0.2, 0.25) is 0 Å². The Hall–Kier alpha value is -6.01. The van der Waals surface area contributed by atoms with Crippen LogP contribution in [0.25, 0.3) is 27.5 Å². The standard InChI is InChI=1S/C48H35NSi2/c1-4-20-37(21-5-1)50(38-22-6-2-7-23-38)45-31-14-16-33-47(45)51(39-24-8-3-9-25-39,48-34-17-15-32-46(48)50)40-26-18-19-36(35-40)49-43-29-12-10-27-41(43)42-28-11-13-30-44(42)49/h1-35H. The molecule has 0 radical (unpaired) electrons. The number of nitrogens with zero attached hydrogens (tertiary/aromatic N) is 1. The number of para-hydroxylation sites is 2. The fourth-order valence-corrected chi connectivity index (χ4v) is 21.4. The van der Waals surface area contributed by atoms with Crippen molar-refractivity contribution >= 4 is 79.4 Å². The molecule has 0 unspecified atom stereocenters. The smallest absolute Gasteiger partial charge is 0.179 e. The second-order valence-corrected chi connectivity index (χ2v) is 21.1. The van der Waals surface area contributed by atoms with Crippen LogP contribution in [-0.4, -0.2) is 20.7 Å². The van der Waals surface area contributed by atoms with Gasteiger partial charge < -0.3 is 4.57 Å². The van der Waals surface area contributed by atoms with Crippen LogP contribution in [0.3, 0.4) is 0 Å². The molecule has 8 aromatic carbocycles. The minimum Gasteiger partial charge on any atom is -0.309 e. The molecule has 0 bridgehead atoms. The summed E-state index contributed by atoms with van der Waals surface area (Å²) in [5.74, 6) is 0. The van der Waals surface area contributed by atoms with E-state index in [0.29, 0.717) is 0 Å². The Labute approximate surface area is 300 Å². The Morgan fingerprint density at radius 3 is 1.04 bits per heavy atom. The van der Waals surface area contributed by atoms with E-state index in [1.165, 1.54) is 69.0 Å². The molecule has 0 saturated carbocycles. The Bertz CT molecular complexity index is 2550. The minimum atomic E-state index is -2.89. The first kappa shape index (κ1) is 29.9. The van der Waals surface area contributed by atoms with Crippen molar-refractivity contribution in [2.24, 2.45) is 0 Å². The highest BCUT2D eigenvalue weighted by Crippen LogP contribution is 2.32. The lowest BCUT2D eigenvalue weighted by molar-refractivity contribution is 1.18. The fourth-order valence-electron chi connectivity index (χ4n) is 9.29. The summed E-state index contributed by atoms with van der Waals surface area (Å²) < 4.78 is 2.47. The van der Waals surface area contributed by atoms with Gasteiger partial charge in [0.05, 0.1) is 11.0 Å².